The lowest BCUT2D eigenvalue weighted by Crippen LogP contribution is -2.42. The zero-order valence-electron chi connectivity index (χ0n) is 11.3. The number of pyridine rings is 1. The average Bonchev–Trinajstić information content (AvgIpc) is 2.41. The first-order chi connectivity index (χ1) is 8.74. The second-order valence-corrected chi connectivity index (χ2v) is 5.17. The molecule has 2 heterocycles. The van der Waals surface area contributed by atoms with Crippen LogP contribution in [0, 0.1) is 11.8 Å². The van der Waals surface area contributed by atoms with Crippen LogP contribution in [0.5, 0.6) is 5.88 Å². The minimum atomic E-state index is 0.612. The minimum Gasteiger partial charge on any atom is -0.481 e. The molecule has 0 spiro atoms. The summed E-state index contributed by atoms with van der Waals surface area (Å²) in [5.41, 5.74) is 7.00. The lowest BCUT2D eigenvalue weighted by Gasteiger charge is -2.36. The summed E-state index contributed by atoms with van der Waals surface area (Å²) in [6.07, 6.45) is 2.99. The van der Waals surface area contributed by atoms with Gasteiger partial charge in [-0.2, -0.15) is 0 Å². The quantitative estimate of drug-likeness (QED) is 0.878. The van der Waals surface area contributed by atoms with Crippen LogP contribution >= 0.6 is 0 Å². The molecule has 2 atom stereocenters. The molecule has 0 aromatic carbocycles. The Kier molecular flexibility index (Phi) is 4.55. The Balaban J connectivity index is 2.01. The molecule has 100 valence electrons. The standard InChI is InChI=1S/C14H23N3O/c1-11-5-7-17(10-13(11)8-15)9-12-4-3-6-16-14(12)18-2/h3-4,6,11,13H,5,7-10,15H2,1-2H3. The average molecular weight is 249 g/mol. The fraction of sp³-hybridized carbons (Fsp3) is 0.643. The van der Waals surface area contributed by atoms with Crippen LogP contribution in [0.1, 0.15) is 18.9 Å². The third-order valence-electron chi connectivity index (χ3n) is 3.94. The van der Waals surface area contributed by atoms with Gasteiger partial charge >= 0.3 is 0 Å². The van der Waals surface area contributed by atoms with E-state index in [-0.39, 0.29) is 0 Å². The Bertz CT molecular complexity index is 383. The van der Waals surface area contributed by atoms with E-state index in [2.05, 4.69) is 22.9 Å². The second kappa shape index (κ2) is 6.16. The molecule has 0 bridgehead atoms. The van der Waals surface area contributed by atoms with Gasteiger partial charge in [-0.3, -0.25) is 4.90 Å². The van der Waals surface area contributed by atoms with Crippen LogP contribution in [0.4, 0.5) is 0 Å². The predicted octanol–water partition coefficient (Wildman–Crippen LogP) is 1.51. The first kappa shape index (κ1) is 13.3. The van der Waals surface area contributed by atoms with E-state index in [1.807, 2.05) is 6.07 Å². The molecule has 2 rings (SSSR count). The molecule has 1 aliphatic heterocycles. The summed E-state index contributed by atoms with van der Waals surface area (Å²) in [5.74, 6) is 2.09. The monoisotopic (exact) mass is 249 g/mol. The molecule has 0 saturated carbocycles. The highest BCUT2D eigenvalue weighted by atomic mass is 16.5. The molecule has 1 fully saturated rings. The highest BCUT2D eigenvalue weighted by Gasteiger charge is 2.25. The van der Waals surface area contributed by atoms with Crippen LogP contribution < -0.4 is 10.5 Å². The normalized spacial score (nSPS) is 25.1. The molecule has 1 aliphatic rings. The molecular formula is C14H23N3O. The van der Waals surface area contributed by atoms with E-state index >= 15 is 0 Å². The van der Waals surface area contributed by atoms with Crippen LogP contribution in [-0.2, 0) is 6.54 Å². The van der Waals surface area contributed by atoms with Crippen molar-refractivity contribution in [2.45, 2.75) is 19.9 Å². The van der Waals surface area contributed by atoms with E-state index < -0.39 is 0 Å². The van der Waals surface area contributed by atoms with Crippen molar-refractivity contribution in [3.63, 3.8) is 0 Å². The van der Waals surface area contributed by atoms with E-state index in [0.29, 0.717) is 5.92 Å². The smallest absolute Gasteiger partial charge is 0.217 e. The van der Waals surface area contributed by atoms with Gasteiger partial charge in [0.05, 0.1) is 7.11 Å². The summed E-state index contributed by atoms with van der Waals surface area (Å²) < 4.78 is 5.30. The number of rotatable bonds is 4. The van der Waals surface area contributed by atoms with Gasteiger partial charge in [-0.25, -0.2) is 4.98 Å². The predicted molar refractivity (Wildman–Crippen MR) is 72.4 cm³/mol. The molecule has 0 radical (unpaired) electrons. The van der Waals surface area contributed by atoms with E-state index in [1.54, 1.807) is 13.3 Å². The molecule has 1 saturated heterocycles. The van der Waals surface area contributed by atoms with Gasteiger partial charge in [0.1, 0.15) is 0 Å². The maximum absolute atomic E-state index is 5.84. The van der Waals surface area contributed by atoms with Crippen molar-refractivity contribution in [3.05, 3.63) is 23.9 Å². The molecule has 0 aliphatic carbocycles. The molecule has 2 unspecified atom stereocenters. The summed E-state index contributed by atoms with van der Waals surface area (Å²) in [5, 5.41) is 0. The molecule has 1 aromatic rings. The summed E-state index contributed by atoms with van der Waals surface area (Å²) in [6, 6.07) is 4.05. The Morgan fingerprint density at radius 3 is 3.11 bits per heavy atom. The topological polar surface area (TPSA) is 51.4 Å². The number of nitrogens with zero attached hydrogens (tertiary/aromatic N) is 2. The van der Waals surface area contributed by atoms with Crippen LogP contribution in [0.3, 0.4) is 0 Å². The van der Waals surface area contributed by atoms with E-state index in [4.69, 9.17) is 10.5 Å². The summed E-state index contributed by atoms with van der Waals surface area (Å²) in [6.45, 7) is 6.20. The number of hydrogen-bond acceptors (Lipinski definition) is 4. The van der Waals surface area contributed by atoms with E-state index in [0.717, 1.165) is 43.5 Å². The van der Waals surface area contributed by atoms with Crippen molar-refractivity contribution >= 4 is 0 Å². The van der Waals surface area contributed by atoms with Crippen LogP contribution in [-0.4, -0.2) is 36.6 Å². The maximum Gasteiger partial charge on any atom is 0.217 e. The SMILES string of the molecule is COc1ncccc1CN1CCC(C)C(CN)C1. The van der Waals surface area contributed by atoms with E-state index in [1.165, 1.54) is 6.42 Å². The van der Waals surface area contributed by atoms with Gasteiger partial charge in [0.25, 0.3) is 0 Å². The number of aromatic nitrogens is 1. The molecule has 2 N–H and O–H groups in total. The molecule has 4 nitrogen and oxygen atoms in total. The van der Waals surface area contributed by atoms with Crippen LogP contribution in [0.15, 0.2) is 18.3 Å². The first-order valence-corrected chi connectivity index (χ1v) is 6.65. The lowest BCUT2D eigenvalue weighted by atomic mass is 9.87. The van der Waals surface area contributed by atoms with Crippen molar-refractivity contribution in [1.82, 2.24) is 9.88 Å². The minimum absolute atomic E-state index is 0.612. The maximum atomic E-state index is 5.84. The molecule has 1 aromatic heterocycles. The van der Waals surface area contributed by atoms with Gasteiger partial charge in [0, 0.05) is 24.8 Å². The lowest BCUT2D eigenvalue weighted by molar-refractivity contribution is 0.125. The molecule has 0 amide bonds. The number of hydrogen-bond donors (Lipinski definition) is 1. The Labute approximate surface area is 109 Å². The molecule has 4 heteroatoms. The van der Waals surface area contributed by atoms with Gasteiger partial charge in [-0.15, -0.1) is 0 Å². The van der Waals surface area contributed by atoms with Crippen molar-refractivity contribution in [1.29, 1.82) is 0 Å². The van der Waals surface area contributed by atoms with Crippen molar-refractivity contribution in [2.75, 3.05) is 26.7 Å². The van der Waals surface area contributed by atoms with Crippen molar-refractivity contribution in [2.24, 2.45) is 17.6 Å². The fourth-order valence-electron chi connectivity index (χ4n) is 2.64. The summed E-state index contributed by atoms with van der Waals surface area (Å²) in [7, 11) is 1.67. The van der Waals surface area contributed by atoms with Crippen molar-refractivity contribution < 1.29 is 4.74 Å². The molecular weight excluding hydrogens is 226 g/mol. The Morgan fingerprint density at radius 1 is 1.56 bits per heavy atom. The summed E-state index contributed by atoms with van der Waals surface area (Å²) in [4.78, 5) is 6.70. The zero-order chi connectivity index (χ0) is 13.0. The van der Waals surface area contributed by atoms with Crippen LogP contribution in [0.2, 0.25) is 0 Å². The number of methoxy groups -OCH3 is 1. The van der Waals surface area contributed by atoms with Gasteiger partial charge in [0.2, 0.25) is 5.88 Å². The van der Waals surface area contributed by atoms with Gasteiger partial charge in [0.15, 0.2) is 0 Å². The largest absolute Gasteiger partial charge is 0.481 e. The van der Waals surface area contributed by atoms with Gasteiger partial charge < -0.3 is 10.5 Å². The molecule has 18 heavy (non-hydrogen) atoms. The first-order valence-electron chi connectivity index (χ1n) is 6.65. The number of piperidine rings is 1. The number of nitrogens with two attached hydrogens (primary N) is 1. The second-order valence-electron chi connectivity index (χ2n) is 5.17. The number of likely N-dealkylation sites (tertiary alicyclic amines) is 1. The highest BCUT2D eigenvalue weighted by Crippen LogP contribution is 2.25. The van der Waals surface area contributed by atoms with Gasteiger partial charge in [-0.1, -0.05) is 13.0 Å². The zero-order valence-corrected chi connectivity index (χ0v) is 11.3. The summed E-state index contributed by atoms with van der Waals surface area (Å²) >= 11 is 0. The third kappa shape index (κ3) is 3.00. The van der Waals surface area contributed by atoms with Crippen LogP contribution in [0.25, 0.3) is 0 Å². The Morgan fingerprint density at radius 2 is 2.39 bits per heavy atom. The van der Waals surface area contributed by atoms with E-state index in [9.17, 15) is 0 Å². The Hall–Kier alpha value is -1.13. The number of ether oxygens (including phenoxy) is 1. The van der Waals surface area contributed by atoms with Gasteiger partial charge in [-0.05, 0) is 37.4 Å². The highest BCUT2D eigenvalue weighted by molar-refractivity contribution is 5.25. The third-order valence-corrected chi connectivity index (χ3v) is 3.94. The van der Waals surface area contributed by atoms with Crippen molar-refractivity contribution in [3.8, 4) is 5.88 Å². The fourth-order valence-corrected chi connectivity index (χ4v) is 2.64.